The van der Waals surface area contributed by atoms with Crippen molar-refractivity contribution in [3.63, 3.8) is 0 Å². The fourth-order valence-electron chi connectivity index (χ4n) is 2.60. The van der Waals surface area contributed by atoms with Gasteiger partial charge in [0, 0.05) is 12.7 Å². The first-order valence-corrected chi connectivity index (χ1v) is 7.54. The minimum atomic E-state index is -0.580. The zero-order valence-corrected chi connectivity index (χ0v) is 13.9. The third kappa shape index (κ3) is 3.81. The number of hydrogen-bond donors (Lipinski definition) is 1. The molecule has 1 aromatic carbocycles. The molecule has 2 rings (SSSR count). The molecule has 2 amide bonds. The van der Waals surface area contributed by atoms with Crippen molar-refractivity contribution in [2.24, 2.45) is 0 Å². The van der Waals surface area contributed by atoms with Crippen LogP contribution >= 0.6 is 0 Å². The second kappa shape index (κ2) is 6.03. The third-order valence-electron chi connectivity index (χ3n) is 3.62. The maximum absolute atomic E-state index is 12.5. The molecular formula is C16H23BN2O3. The summed E-state index contributed by atoms with van der Waals surface area (Å²) < 4.78 is 5.24. The Labute approximate surface area is 132 Å². The summed E-state index contributed by atoms with van der Waals surface area (Å²) in [5, 5.41) is 2.69. The molecule has 118 valence electrons. The number of aryl methyl sites for hydroxylation is 1. The Morgan fingerprint density at radius 1 is 1.41 bits per heavy atom. The van der Waals surface area contributed by atoms with Crippen LogP contribution in [-0.4, -0.2) is 38.5 Å². The SMILES string of the molecule is Bc1ccc2c(c1)CCC(NC(=O)OC(C)(C)C)C(=O)N2C. The van der Waals surface area contributed by atoms with E-state index in [4.69, 9.17) is 4.74 Å². The predicted octanol–water partition coefficient (Wildman–Crippen LogP) is 0.747. The number of ether oxygens (including phenoxy) is 1. The topological polar surface area (TPSA) is 58.6 Å². The molecule has 0 radical (unpaired) electrons. The van der Waals surface area contributed by atoms with Crippen LogP contribution in [0.1, 0.15) is 32.8 Å². The van der Waals surface area contributed by atoms with Crippen molar-refractivity contribution in [1.82, 2.24) is 5.32 Å². The summed E-state index contributed by atoms with van der Waals surface area (Å²) in [6.07, 6.45) is 0.758. The summed E-state index contributed by atoms with van der Waals surface area (Å²) >= 11 is 0. The molecule has 5 nitrogen and oxygen atoms in total. The number of fused-ring (bicyclic) bond motifs is 1. The Balaban J connectivity index is 2.14. The Kier molecular flexibility index (Phi) is 4.49. The van der Waals surface area contributed by atoms with E-state index < -0.39 is 17.7 Å². The van der Waals surface area contributed by atoms with E-state index in [-0.39, 0.29) is 5.91 Å². The second-order valence-corrected chi connectivity index (χ2v) is 6.77. The summed E-state index contributed by atoms with van der Waals surface area (Å²) in [6.45, 7) is 5.39. The molecule has 0 aromatic heterocycles. The zero-order valence-electron chi connectivity index (χ0n) is 13.9. The van der Waals surface area contributed by atoms with Gasteiger partial charge in [0.2, 0.25) is 5.91 Å². The van der Waals surface area contributed by atoms with Gasteiger partial charge in [0.15, 0.2) is 0 Å². The molecule has 1 heterocycles. The number of benzene rings is 1. The molecule has 0 saturated carbocycles. The summed E-state index contributed by atoms with van der Waals surface area (Å²) in [4.78, 5) is 26.1. The molecule has 1 atom stereocenters. The van der Waals surface area contributed by atoms with Gasteiger partial charge in [-0.3, -0.25) is 4.79 Å². The number of rotatable bonds is 1. The first kappa shape index (κ1) is 16.4. The highest BCUT2D eigenvalue weighted by molar-refractivity contribution is 6.32. The lowest BCUT2D eigenvalue weighted by molar-refractivity contribution is -0.120. The number of alkyl carbamates (subject to hydrolysis) is 1. The zero-order chi connectivity index (χ0) is 16.5. The van der Waals surface area contributed by atoms with Gasteiger partial charge < -0.3 is 15.0 Å². The van der Waals surface area contributed by atoms with Crippen molar-refractivity contribution in [2.75, 3.05) is 11.9 Å². The average molecular weight is 302 g/mol. The van der Waals surface area contributed by atoms with Crippen LogP contribution in [0, 0.1) is 0 Å². The summed E-state index contributed by atoms with van der Waals surface area (Å²) in [6, 6.07) is 5.48. The molecule has 0 aliphatic carbocycles. The van der Waals surface area contributed by atoms with Crippen LogP contribution in [-0.2, 0) is 16.0 Å². The lowest BCUT2D eigenvalue weighted by Gasteiger charge is -2.24. The molecule has 1 aromatic rings. The van der Waals surface area contributed by atoms with Crippen LogP contribution in [0.4, 0.5) is 10.5 Å². The van der Waals surface area contributed by atoms with E-state index in [9.17, 15) is 9.59 Å². The van der Waals surface area contributed by atoms with Gasteiger partial charge >= 0.3 is 6.09 Å². The van der Waals surface area contributed by atoms with Crippen molar-refractivity contribution < 1.29 is 14.3 Å². The van der Waals surface area contributed by atoms with Gasteiger partial charge in [-0.05, 0) is 45.2 Å². The van der Waals surface area contributed by atoms with Crippen molar-refractivity contribution in [2.45, 2.75) is 45.3 Å². The van der Waals surface area contributed by atoms with Gasteiger partial charge in [0.05, 0.1) is 0 Å². The lowest BCUT2D eigenvalue weighted by atomic mass is 9.92. The van der Waals surface area contributed by atoms with E-state index in [0.29, 0.717) is 6.42 Å². The number of amides is 2. The minimum Gasteiger partial charge on any atom is -0.444 e. The molecule has 0 fully saturated rings. The number of nitrogens with zero attached hydrogens (tertiary/aromatic N) is 1. The van der Waals surface area contributed by atoms with Crippen LogP contribution in [0.5, 0.6) is 0 Å². The quantitative estimate of drug-likeness (QED) is 0.779. The Hall–Kier alpha value is -1.98. The molecule has 1 aliphatic heterocycles. The number of anilines is 1. The predicted molar refractivity (Wildman–Crippen MR) is 89.5 cm³/mol. The number of nitrogens with one attached hydrogen (secondary N) is 1. The van der Waals surface area contributed by atoms with Crippen LogP contribution in [0.15, 0.2) is 18.2 Å². The summed E-state index contributed by atoms with van der Waals surface area (Å²) in [5.74, 6) is -0.117. The molecule has 22 heavy (non-hydrogen) atoms. The fraction of sp³-hybridized carbons (Fsp3) is 0.500. The number of carbonyl (C=O) groups excluding carboxylic acids is 2. The van der Waals surface area contributed by atoms with E-state index in [1.165, 1.54) is 0 Å². The van der Waals surface area contributed by atoms with Crippen LogP contribution < -0.4 is 15.7 Å². The molecule has 1 aliphatic rings. The highest BCUT2D eigenvalue weighted by Gasteiger charge is 2.30. The van der Waals surface area contributed by atoms with Gasteiger partial charge in [0.25, 0.3) is 0 Å². The molecule has 1 unspecified atom stereocenters. The molecule has 0 spiro atoms. The van der Waals surface area contributed by atoms with E-state index >= 15 is 0 Å². The van der Waals surface area contributed by atoms with Crippen molar-refractivity contribution in [1.29, 1.82) is 0 Å². The lowest BCUT2D eigenvalue weighted by Crippen LogP contribution is -2.48. The summed E-state index contributed by atoms with van der Waals surface area (Å²) in [5.41, 5.74) is 2.62. The molecular weight excluding hydrogens is 279 g/mol. The summed E-state index contributed by atoms with van der Waals surface area (Å²) in [7, 11) is 3.77. The van der Waals surface area contributed by atoms with Crippen molar-refractivity contribution in [3.05, 3.63) is 23.8 Å². The Morgan fingerprint density at radius 2 is 2.09 bits per heavy atom. The fourth-order valence-corrected chi connectivity index (χ4v) is 2.60. The first-order valence-electron chi connectivity index (χ1n) is 7.54. The third-order valence-corrected chi connectivity index (χ3v) is 3.62. The second-order valence-electron chi connectivity index (χ2n) is 6.77. The maximum Gasteiger partial charge on any atom is 0.408 e. The molecule has 6 heteroatoms. The minimum absolute atomic E-state index is 0.117. The molecule has 1 N–H and O–H groups in total. The van der Waals surface area contributed by atoms with E-state index in [1.807, 2.05) is 20.0 Å². The Morgan fingerprint density at radius 3 is 2.73 bits per heavy atom. The van der Waals surface area contributed by atoms with E-state index in [2.05, 4.69) is 11.4 Å². The maximum atomic E-state index is 12.5. The van der Waals surface area contributed by atoms with Crippen LogP contribution in [0.3, 0.4) is 0 Å². The molecule has 0 bridgehead atoms. The normalized spacial score (nSPS) is 18.5. The number of hydrogen-bond acceptors (Lipinski definition) is 3. The van der Waals surface area contributed by atoms with Crippen molar-refractivity contribution in [3.8, 4) is 0 Å². The van der Waals surface area contributed by atoms with Gasteiger partial charge in [-0.15, -0.1) is 0 Å². The molecule has 0 saturated heterocycles. The van der Waals surface area contributed by atoms with Gasteiger partial charge in [-0.1, -0.05) is 17.6 Å². The largest absolute Gasteiger partial charge is 0.444 e. The van der Waals surface area contributed by atoms with Gasteiger partial charge in [-0.25, -0.2) is 4.79 Å². The van der Waals surface area contributed by atoms with E-state index in [1.54, 1.807) is 32.7 Å². The monoisotopic (exact) mass is 302 g/mol. The van der Waals surface area contributed by atoms with E-state index in [0.717, 1.165) is 23.1 Å². The Bertz CT molecular complexity index is 596. The highest BCUT2D eigenvalue weighted by Crippen LogP contribution is 2.25. The highest BCUT2D eigenvalue weighted by atomic mass is 16.6. The number of carbonyl (C=O) groups is 2. The van der Waals surface area contributed by atoms with Gasteiger partial charge in [-0.2, -0.15) is 0 Å². The first-order chi connectivity index (χ1) is 10.2. The number of likely N-dealkylation sites (N-methyl/N-ethyl adjacent to an activating group) is 1. The van der Waals surface area contributed by atoms with Crippen molar-refractivity contribution >= 4 is 31.0 Å². The van der Waals surface area contributed by atoms with Gasteiger partial charge in [0.1, 0.15) is 19.5 Å². The van der Waals surface area contributed by atoms with Crippen LogP contribution in [0.25, 0.3) is 0 Å². The van der Waals surface area contributed by atoms with Crippen LogP contribution in [0.2, 0.25) is 0 Å². The standard InChI is InChI=1S/C16H23BN2O3/c1-16(2,3)22-15(21)18-12-7-5-10-9-11(17)6-8-13(10)19(4)14(12)20/h6,8-9,12H,5,7,17H2,1-4H3,(H,18,21). The average Bonchev–Trinajstić information content (AvgIpc) is 2.49. The smallest absolute Gasteiger partial charge is 0.408 e.